The summed E-state index contributed by atoms with van der Waals surface area (Å²) >= 11 is 0. The Labute approximate surface area is 165 Å². The predicted molar refractivity (Wildman–Crippen MR) is 104 cm³/mol. The van der Waals surface area contributed by atoms with Gasteiger partial charge in [0.05, 0.1) is 16.9 Å². The van der Waals surface area contributed by atoms with E-state index < -0.39 is 17.5 Å². The summed E-state index contributed by atoms with van der Waals surface area (Å²) in [6, 6.07) is 12.8. The zero-order chi connectivity index (χ0) is 20.4. The fourth-order valence-electron chi connectivity index (χ4n) is 3.19. The summed E-state index contributed by atoms with van der Waals surface area (Å²) in [5.41, 5.74) is 2.69. The highest BCUT2D eigenvalue weighted by Gasteiger charge is 2.18. The molecule has 1 amide bonds. The number of nitrogens with one attached hydrogen (secondary N) is 1. The third-order valence-electron chi connectivity index (χ3n) is 4.57. The molecule has 8 heteroatoms. The number of benzene rings is 2. The second-order valence-corrected chi connectivity index (χ2v) is 6.57. The largest absolute Gasteiger partial charge is 0.350 e. The van der Waals surface area contributed by atoms with Crippen molar-refractivity contribution >= 4 is 16.8 Å². The van der Waals surface area contributed by atoms with Gasteiger partial charge >= 0.3 is 0 Å². The summed E-state index contributed by atoms with van der Waals surface area (Å²) in [6.07, 6.45) is 1.99. The summed E-state index contributed by atoms with van der Waals surface area (Å²) in [7, 11) is 0. The van der Waals surface area contributed by atoms with Crippen LogP contribution in [0.4, 0.5) is 8.78 Å². The van der Waals surface area contributed by atoms with Crippen molar-refractivity contribution in [3.05, 3.63) is 83.3 Å². The lowest BCUT2D eigenvalue weighted by Crippen LogP contribution is -2.26. The molecule has 2 aromatic heterocycles. The molecule has 0 saturated heterocycles. The van der Waals surface area contributed by atoms with Crippen LogP contribution in [0.3, 0.4) is 0 Å². The molecule has 0 spiro atoms. The van der Waals surface area contributed by atoms with Crippen molar-refractivity contribution in [2.45, 2.75) is 13.3 Å². The Morgan fingerprint density at radius 1 is 1.10 bits per heavy atom. The van der Waals surface area contributed by atoms with Crippen LogP contribution in [-0.4, -0.2) is 32.4 Å². The molecule has 0 radical (unpaired) electrons. The zero-order valence-electron chi connectivity index (χ0n) is 15.6. The van der Waals surface area contributed by atoms with Crippen molar-refractivity contribution in [2.24, 2.45) is 0 Å². The summed E-state index contributed by atoms with van der Waals surface area (Å²) in [4.78, 5) is 16.9. The Hall–Kier alpha value is -3.68. The molecule has 0 bridgehead atoms. The Morgan fingerprint density at radius 2 is 1.86 bits per heavy atom. The van der Waals surface area contributed by atoms with Gasteiger partial charge < -0.3 is 5.32 Å². The average Bonchev–Trinajstić information content (AvgIpc) is 3.08. The average molecular weight is 393 g/mol. The quantitative estimate of drug-likeness (QED) is 0.564. The van der Waals surface area contributed by atoms with Crippen LogP contribution in [0.15, 0.2) is 54.7 Å². The number of hydrogen-bond acceptors (Lipinski definition) is 4. The van der Waals surface area contributed by atoms with Crippen LogP contribution >= 0.6 is 0 Å². The highest BCUT2D eigenvalue weighted by molar-refractivity contribution is 5.93. The Bertz CT molecular complexity index is 1180. The van der Waals surface area contributed by atoms with Gasteiger partial charge in [0.2, 0.25) is 0 Å². The highest BCUT2D eigenvalue weighted by Crippen LogP contribution is 2.21. The van der Waals surface area contributed by atoms with Gasteiger partial charge in [0.1, 0.15) is 11.6 Å². The van der Waals surface area contributed by atoms with Gasteiger partial charge in [-0.1, -0.05) is 23.4 Å². The van der Waals surface area contributed by atoms with Gasteiger partial charge in [-0.3, -0.25) is 9.78 Å². The molecule has 0 aliphatic heterocycles. The van der Waals surface area contributed by atoms with E-state index in [-0.39, 0.29) is 12.2 Å². The molecule has 0 saturated carbocycles. The van der Waals surface area contributed by atoms with Crippen molar-refractivity contribution in [3.63, 3.8) is 0 Å². The first-order valence-corrected chi connectivity index (χ1v) is 9.02. The minimum Gasteiger partial charge on any atom is -0.350 e. The smallest absolute Gasteiger partial charge is 0.273 e. The lowest BCUT2D eigenvalue weighted by molar-refractivity contribution is 0.0948. The maximum Gasteiger partial charge on any atom is 0.273 e. The minimum absolute atomic E-state index is 0.184. The topological polar surface area (TPSA) is 72.7 Å². The van der Waals surface area contributed by atoms with E-state index in [1.807, 2.05) is 30.3 Å². The van der Waals surface area contributed by atoms with Crippen molar-refractivity contribution in [1.29, 1.82) is 0 Å². The number of para-hydroxylation sites is 1. The Kier molecular flexibility index (Phi) is 4.99. The molecule has 0 fully saturated rings. The molecule has 0 aliphatic carbocycles. The number of carbonyl (C=O) groups is 1. The molecular formula is C21H17F2N5O. The lowest BCUT2D eigenvalue weighted by Gasteiger charge is -2.07. The number of aromatic nitrogens is 4. The van der Waals surface area contributed by atoms with Gasteiger partial charge in [-0.2, -0.15) is 0 Å². The first-order valence-electron chi connectivity index (χ1n) is 9.02. The van der Waals surface area contributed by atoms with Crippen LogP contribution in [0, 0.1) is 18.6 Å². The van der Waals surface area contributed by atoms with E-state index in [2.05, 4.69) is 20.6 Å². The van der Waals surface area contributed by atoms with Gasteiger partial charge in [0, 0.05) is 24.2 Å². The molecule has 4 aromatic rings. The molecule has 146 valence electrons. The van der Waals surface area contributed by atoms with Crippen molar-refractivity contribution in [1.82, 2.24) is 25.3 Å². The van der Waals surface area contributed by atoms with Crippen LogP contribution in [0.25, 0.3) is 16.6 Å². The maximum absolute atomic E-state index is 13.3. The van der Waals surface area contributed by atoms with Crippen LogP contribution in [0.5, 0.6) is 0 Å². The summed E-state index contributed by atoms with van der Waals surface area (Å²) in [6.45, 7) is 1.96. The van der Waals surface area contributed by atoms with Crippen LogP contribution in [0.1, 0.15) is 21.7 Å². The number of rotatable bonds is 5. The number of amides is 1. The van der Waals surface area contributed by atoms with Crippen LogP contribution in [-0.2, 0) is 6.42 Å². The van der Waals surface area contributed by atoms with E-state index in [9.17, 15) is 13.6 Å². The molecule has 2 aromatic carbocycles. The van der Waals surface area contributed by atoms with Crippen LogP contribution in [0.2, 0.25) is 0 Å². The number of hydrogen-bond donors (Lipinski definition) is 1. The zero-order valence-corrected chi connectivity index (χ0v) is 15.6. The van der Waals surface area contributed by atoms with Crippen molar-refractivity contribution < 1.29 is 13.6 Å². The highest BCUT2D eigenvalue weighted by atomic mass is 19.1. The first kappa shape index (κ1) is 18.7. The number of halogens is 2. The summed E-state index contributed by atoms with van der Waals surface area (Å²) in [5.74, 6) is -1.69. The number of pyridine rings is 1. The fraction of sp³-hybridized carbons (Fsp3) is 0.143. The molecule has 0 unspecified atom stereocenters. The second kappa shape index (κ2) is 7.75. The molecule has 4 rings (SSSR count). The predicted octanol–water partition coefficient (Wildman–Crippen LogP) is 3.37. The molecule has 0 atom stereocenters. The van der Waals surface area contributed by atoms with E-state index in [4.69, 9.17) is 0 Å². The summed E-state index contributed by atoms with van der Waals surface area (Å²) < 4.78 is 28.1. The standard InChI is InChI=1S/C21H17F2N5O/c1-13-19(21(29)25-9-7-14-10-16(22)12-17(23)11-14)26-27-28(13)18-6-2-4-15-5-3-8-24-20(15)18/h2-6,8,10-12H,7,9H2,1H3,(H,25,29). The van der Waals surface area contributed by atoms with Gasteiger partial charge in [-0.25, -0.2) is 13.5 Å². The molecule has 0 aliphatic rings. The fourth-order valence-corrected chi connectivity index (χ4v) is 3.19. The van der Waals surface area contributed by atoms with E-state index in [0.29, 0.717) is 17.7 Å². The van der Waals surface area contributed by atoms with Crippen molar-refractivity contribution in [3.8, 4) is 5.69 Å². The lowest BCUT2D eigenvalue weighted by atomic mass is 10.1. The van der Waals surface area contributed by atoms with E-state index in [1.165, 1.54) is 12.1 Å². The summed E-state index contributed by atoms with van der Waals surface area (Å²) in [5, 5.41) is 11.8. The number of fused-ring (bicyclic) bond motifs is 1. The molecule has 2 heterocycles. The number of nitrogens with zero attached hydrogens (tertiary/aromatic N) is 4. The third kappa shape index (κ3) is 3.82. The molecule has 1 N–H and O–H groups in total. The van der Waals surface area contributed by atoms with Crippen molar-refractivity contribution in [2.75, 3.05) is 6.54 Å². The third-order valence-corrected chi connectivity index (χ3v) is 4.57. The normalized spacial score (nSPS) is 11.0. The van der Waals surface area contributed by atoms with Gasteiger partial charge in [-0.15, -0.1) is 5.10 Å². The van der Waals surface area contributed by atoms with Crippen LogP contribution < -0.4 is 5.32 Å². The first-order chi connectivity index (χ1) is 14.0. The molecule has 6 nitrogen and oxygen atoms in total. The second-order valence-electron chi connectivity index (χ2n) is 6.57. The van der Waals surface area contributed by atoms with E-state index in [0.717, 1.165) is 22.7 Å². The molecule has 29 heavy (non-hydrogen) atoms. The van der Waals surface area contributed by atoms with Gasteiger partial charge in [0.15, 0.2) is 5.69 Å². The van der Waals surface area contributed by atoms with E-state index in [1.54, 1.807) is 17.8 Å². The maximum atomic E-state index is 13.3. The van der Waals surface area contributed by atoms with Gasteiger partial charge in [0.25, 0.3) is 5.91 Å². The minimum atomic E-state index is -0.645. The molecular weight excluding hydrogens is 376 g/mol. The SMILES string of the molecule is Cc1c(C(=O)NCCc2cc(F)cc(F)c2)nnn1-c1cccc2cccnc12. The van der Waals surface area contributed by atoms with E-state index >= 15 is 0 Å². The van der Waals surface area contributed by atoms with Gasteiger partial charge in [-0.05, 0) is 43.2 Å². The Balaban J connectivity index is 1.51. The Morgan fingerprint density at radius 3 is 2.66 bits per heavy atom. The number of carbonyl (C=O) groups excluding carboxylic acids is 1. The monoisotopic (exact) mass is 393 g/mol.